The maximum atomic E-state index is 13.5. The highest BCUT2D eigenvalue weighted by Crippen LogP contribution is 2.31. The predicted octanol–water partition coefficient (Wildman–Crippen LogP) is 2.94. The van der Waals surface area contributed by atoms with Crippen LogP contribution in [-0.4, -0.2) is 63.0 Å². The highest BCUT2D eigenvalue weighted by molar-refractivity contribution is 7.89. The Morgan fingerprint density at radius 2 is 1.72 bits per heavy atom. The van der Waals surface area contributed by atoms with Crippen molar-refractivity contribution in [3.8, 4) is 10.6 Å². The number of hydrogen-bond acceptors (Lipinski definition) is 6. The minimum atomic E-state index is -3.78. The third kappa shape index (κ3) is 5.31. The number of aromatic nitrogens is 2. The molecule has 29 heavy (non-hydrogen) atoms. The van der Waals surface area contributed by atoms with Crippen molar-refractivity contribution in [2.24, 2.45) is 0 Å². The molecule has 0 saturated heterocycles. The normalized spacial score (nSPS) is 12.0. The highest BCUT2D eigenvalue weighted by atomic mass is 32.2. The van der Waals surface area contributed by atoms with Crippen LogP contribution in [0.2, 0.25) is 0 Å². The van der Waals surface area contributed by atoms with Crippen LogP contribution in [-0.2, 0) is 26.0 Å². The van der Waals surface area contributed by atoms with Crippen LogP contribution in [0.3, 0.4) is 0 Å². The average molecular weight is 436 g/mol. The summed E-state index contributed by atoms with van der Waals surface area (Å²) in [7, 11) is -0.674. The predicted molar refractivity (Wildman–Crippen MR) is 114 cm³/mol. The molecule has 0 aliphatic rings. The van der Waals surface area contributed by atoms with Crippen molar-refractivity contribution in [3.63, 3.8) is 0 Å². The van der Waals surface area contributed by atoms with Crippen LogP contribution in [0.1, 0.15) is 5.56 Å². The Labute approximate surface area is 175 Å². The summed E-state index contributed by atoms with van der Waals surface area (Å²) in [6, 6.07) is 13.6. The van der Waals surface area contributed by atoms with E-state index in [-0.39, 0.29) is 18.0 Å². The van der Waals surface area contributed by atoms with E-state index in [1.54, 1.807) is 25.1 Å². The summed E-state index contributed by atoms with van der Waals surface area (Å²) >= 11 is 1.47. The van der Waals surface area contributed by atoms with Gasteiger partial charge in [0.05, 0.1) is 24.6 Å². The molecule has 0 amide bonds. The largest absolute Gasteiger partial charge is 0.383 e. The molecule has 2 heterocycles. The number of rotatable bonds is 11. The van der Waals surface area contributed by atoms with E-state index < -0.39 is 10.0 Å². The Bertz CT molecular complexity index is 978. The van der Waals surface area contributed by atoms with Crippen molar-refractivity contribution < 1.29 is 17.9 Å². The maximum absolute atomic E-state index is 13.5. The van der Waals surface area contributed by atoms with Crippen LogP contribution < -0.4 is 0 Å². The van der Waals surface area contributed by atoms with E-state index in [0.29, 0.717) is 25.5 Å². The van der Waals surface area contributed by atoms with Crippen molar-refractivity contribution in [1.29, 1.82) is 0 Å². The van der Waals surface area contributed by atoms with Crippen LogP contribution in [0, 0.1) is 0 Å². The summed E-state index contributed by atoms with van der Waals surface area (Å²) in [6.07, 6.45) is 1.62. The zero-order valence-electron chi connectivity index (χ0n) is 16.5. The molecule has 1 aromatic carbocycles. The Kier molecular flexibility index (Phi) is 7.57. The number of nitrogens with zero attached hydrogens (tertiary/aromatic N) is 3. The van der Waals surface area contributed by atoms with Gasteiger partial charge in [0, 0.05) is 33.5 Å². The molecule has 0 saturated carbocycles. The smallest absolute Gasteiger partial charge is 0.247 e. The van der Waals surface area contributed by atoms with Gasteiger partial charge in [-0.15, -0.1) is 11.3 Å². The van der Waals surface area contributed by atoms with Gasteiger partial charge in [-0.25, -0.2) is 8.42 Å². The molecule has 9 heteroatoms. The summed E-state index contributed by atoms with van der Waals surface area (Å²) in [4.78, 5) is 1.01. The molecule has 0 unspecified atom stereocenters. The van der Waals surface area contributed by atoms with E-state index >= 15 is 0 Å². The lowest BCUT2D eigenvalue weighted by Crippen LogP contribution is -2.36. The molecule has 0 radical (unpaired) electrons. The summed E-state index contributed by atoms with van der Waals surface area (Å²) < 4.78 is 40.3. The minimum absolute atomic E-state index is 0.197. The van der Waals surface area contributed by atoms with E-state index in [9.17, 15) is 8.42 Å². The van der Waals surface area contributed by atoms with Crippen LogP contribution in [0.5, 0.6) is 0 Å². The Morgan fingerprint density at radius 3 is 2.31 bits per heavy atom. The van der Waals surface area contributed by atoms with Gasteiger partial charge in [-0.2, -0.15) is 9.40 Å². The lowest BCUT2D eigenvalue weighted by molar-refractivity contribution is 0.150. The molecule has 0 aliphatic carbocycles. The Morgan fingerprint density at radius 1 is 1.03 bits per heavy atom. The van der Waals surface area contributed by atoms with Crippen molar-refractivity contribution in [2.75, 3.05) is 40.5 Å². The summed E-state index contributed by atoms with van der Waals surface area (Å²) in [5.41, 5.74) is 1.52. The number of thiophene rings is 1. The van der Waals surface area contributed by atoms with Gasteiger partial charge in [0.2, 0.25) is 10.0 Å². The summed E-state index contributed by atoms with van der Waals surface area (Å²) in [6.45, 7) is 1.58. The minimum Gasteiger partial charge on any atom is -0.383 e. The van der Waals surface area contributed by atoms with E-state index in [1.807, 2.05) is 47.8 Å². The maximum Gasteiger partial charge on any atom is 0.247 e. The van der Waals surface area contributed by atoms with Gasteiger partial charge in [-0.1, -0.05) is 36.4 Å². The van der Waals surface area contributed by atoms with E-state index in [4.69, 9.17) is 9.47 Å². The van der Waals surface area contributed by atoms with Crippen LogP contribution in [0.25, 0.3) is 10.6 Å². The van der Waals surface area contributed by atoms with Gasteiger partial charge >= 0.3 is 0 Å². The topological polar surface area (TPSA) is 73.7 Å². The monoisotopic (exact) mass is 435 g/mol. The summed E-state index contributed by atoms with van der Waals surface area (Å²) in [5.74, 6) is 0. The molecule has 156 valence electrons. The van der Waals surface area contributed by atoms with Gasteiger partial charge in [-0.3, -0.25) is 4.68 Å². The Balaban J connectivity index is 2.00. The standard InChI is InChI=1S/C20H25N3O4S2/c1-26-12-10-23(11-13-27-2)29(24,25)19-16-22(15-17-7-4-3-5-8-17)21-20(19)18-9-6-14-28-18/h3-9,14,16H,10-13,15H2,1-2H3. The van der Waals surface area contributed by atoms with Crippen LogP contribution in [0.4, 0.5) is 0 Å². The molecular formula is C20H25N3O4S2. The zero-order valence-corrected chi connectivity index (χ0v) is 18.2. The molecule has 3 aromatic rings. The van der Waals surface area contributed by atoms with Gasteiger partial charge in [0.25, 0.3) is 0 Å². The fraction of sp³-hybridized carbons (Fsp3) is 0.350. The molecular weight excluding hydrogens is 410 g/mol. The number of ether oxygens (including phenoxy) is 2. The van der Waals surface area contributed by atoms with Crippen LogP contribution >= 0.6 is 11.3 Å². The van der Waals surface area contributed by atoms with E-state index in [2.05, 4.69) is 5.10 Å². The first-order valence-electron chi connectivity index (χ1n) is 9.19. The number of sulfonamides is 1. The molecule has 2 aromatic heterocycles. The second-order valence-electron chi connectivity index (χ2n) is 6.39. The first kappa shape index (κ1) is 21.7. The number of hydrogen-bond donors (Lipinski definition) is 0. The van der Waals surface area contributed by atoms with Crippen molar-refractivity contribution in [1.82, 2.24) is 14.1 Å². The van der Waals surface area contributed by atoms with E-state index in [1.165, 1.54) is 15.6 Å². The third-order valence-corrected chi connectivity index (χ3v) is 7.15. The van der Waals surface area contributed by atoms with Crippen molar-refractivity contribution in [2.45, 2.75) is 11.4 Å². The SMILES string of the molecule is COCCN(CCOC)S(=O)(=O)c1cn(Cc2ccccc2)nc1-c1cccs1. The first-order valence-corrected chi connectivity index (χ1v) is 11.5. The first-order chi connectivity index (χ1) is 14.1. The second kappa shape index (κ2) is 10.1. The second-order valence-corrected chi connectivity index (χ2v) is 9.25. The van der Waals surface area contributed by atoms with Gasteiger partial charge < -0.3 is 9.47 Å². The quantitative estimate of drug-likeness (QED) is 0.463. The number of methoxy groups -OCH3 is 2. The molecule has 0 N–H and O–H groups in total. The van der Waals surface area contributed by atoms with Crippen LogP contribution in [0.15, 0.2) is 58.9 Å². The molecule has 0 spiro atoms. The van der Waals surface area contributed by atoms with Gasteiger partial charge in [-0.05, 0) is 17.0 Å². The van der Waals surface area contributed by atoms with Crippen molar-refractivity contribution in [3.05, 3.63) is 59.6 Å². The van der Waals surface area contributed by atoms with Gasteiger partial charge in [0.1, 0.15) is 10.6 Å². The van der Waals surface area contributed by atoms with Crippen molar-refractivity contribution >= 4 is 21.4 Å². The zero-order chi connectivity index (χ0) is 20.7. The fourth-order valence-corrected chi connectivity index (χ4v) is 5.25. The lowest BCUT2D eigenvalue weighted by Gasteiger charge is -2.21. The lowest BCUT2D eigenvalue weighted by atomic mass is 10.2. The third-order valence-electron chi connectivity index (χ3n) is 4.38. The van der Waals surface area contributed by atoms with Gasteiger partial charge in [0.15, 0.2) is 0 Å². The molecule has 0 atom stereocenters. The fourth-order valence-electron chi connectivity index (χ4n) is 2.90. The molecule has 0 bridgehead atoms. The van der Waals surface area contributed by atoms with E-state index in [0.717, 1.165) is 10.4 Å². The average Bonchev–Trinajstić information content (AvgIpc) is 3.38. The molecule has 0 fully saturated rings. The Hall–Kier alpha value is -2.04. The molecule has 0 aliphatic heterocycles. The molecule has 7 nitrogen and oxygen atoms in total. The molecule has 3 rings (SSSR count). The summed E-state index contributed by atoms with van der Waals surface area (Å²) in [5, 5.41) is 6.53. The highest BCUT2D eigenvalue weighted by Gasteiger charge is 2.30. The number of benzene rings is 1.